The van der Waals surface area contributed by atoms with E-state index in [0.29, 0.717) is 0 Å². The van der Waals surface area contributed by atoms with Crippen molar-refractivity contribution in [3.63, 3.8) is 0 Å². The zero-order chi connectivity index (χ0) is 12.6. The Morgan fingerprint density at radius 3 is 3.06 bits per heavy atom. The summed E-state index contributed by atoms with van der Waals surface area (Å²) in [6.07, 6.45) is 3.71. The van der Waals surface area contributed by atoms with Crippen LogP contribution in [0.2, 0.25) is 0 Å². The molecular formula is C15H21NOS. The zero-order valence-electron chi connectivity index (χ0n) is 11.2. The van der Waals surface area contributed by atoms with Gasteiger partial charge in [0.1, 0.15) is 5.75 Å². The Labute approximate surface area is 113 Å². The number of benzene rings is 1. The number of fused-ring (bicyclic) bond motifs is 2. The topological polar surface area (TPSA) is 21.3 Å². The van der Waals surface area contributed by atoms with Gasteiger partial charge in [0.25, 0.3) is 0 Å². The Hall–Kier alpha value is -0.670. The SMILES string of the molecule is COc1ccc2c(c1)CCCC21NCC(C)CS1. The first-order valence-corrected chi connectivity index (χ1v) is 7.78. The van der Waals surface area contributed by atoms with Crippen molar-refractivity contribution in [2.24, 2.45) is 5.92 Å². The lowest BCUT2D eigenvalue weighted by Crippen LogP contribution is -2.48. The third kappa shape index (κ3) is 2.04. The first kappa shape index (κ1) is 12.4. The van der Waals surface area contributed by atoms with Crippen LogP contribution in [-0.4, -0.2) is 19.4 Å². The third-order valence-corrected chi connectivity index (χ3v) is 5.87. The molecular weight excluding hydrogens is 242 g/mol. The number of hydrogen-bond acceptors (Lipinski definition) is 3. The van der Waals surface area contributed by atoms with E-state index in [-0.39, 0.29) is 4.87 Å². The molecule has 1 saturated heterocycles. The van der Waals surface area contributed by atoms with E-state index < -0.39 is 0 Å². The van der Waals surface area contributed by atoms with Crippen LogP contribution in [0.4, 0.5) is 0 Å². The minimum absolute atomic E-state index is 0.173. The van der Waals surface area contributed by atoms with Gasteiger partial charge in [0.15, 0.2) is 0 Å². The van der Waals surface area contributed by atoms with Gasteiger partial charge in [-0.15, -0.1) is 11.8 Å². The molecule has 1 N–H and O–H groups in total. The van der Waals surface area contributed by atoms with E-state index in [1.54, 1.807) is 7.11 Å². The van der Waals surface area contributed by atoms with Gasteiger partial charge in [-0.3, -0.25) is 5.32 Å². The summed E-state index contributed by atoms with van der Waals surface area (Å²) in [5.41, 5.74) is 2.96. The van der Waals surface area contributed by atoms with E-state index in [9.17, 15) is 0 Å². The molecule has 0 saturated carbocycles. The fourth-order valence-electron chi connectivity index (χ4n) is 3.03. The van der Waals surface area contributed by atoms with Crippen molar-refractivity contribution in [2.75, 3.05) is 19.4 Å². The molecule has 1 aromatic carbocycles. The van der Waals surface area contributed by atoms with E-state index in [4.69, 9.17) is 4.74 Å². The Balaban J connectivity index is 1.96. The predicted octanol–water partition coefficient (Wildman–Crippen LogP) is 3.16. The first-order chi connectivity index (χ1) is 8.73. The molecule has 1 aliphatic heterocycles. The second kappa shape index (κ2) is 4.78. The second-order valence-electron chi connectivity index (χ2n) is 5.50. The number of rotatable bonds is 1. The second-order valence-corrected chi connectivity index (χ2v) is 6.82. The highest BCUT2D eigenvalue weighted by Gasteiger charge is 2.39. The van der Waals surface area contributed by atoms with Gasteiger partial charge in [-0.25, -0.2) is 0 Å². The van der Waals surface area contributed by atoms with Gasteiger partial charge in [-0.2, -0.15) is 0 Å². The van der Waals surface area contributed by atoms with E-state index >= 15 is 0 Å². The molecule has 0 aromatic heterocycles. The molecule has 1 spiro atoms. The van der Waals surface area contributed by atoms with Crippen molar-refractivity contribution >= 4 is 11.8 Å². The minimum Gasteiger partial charge on any atom is -0.497 e. The van der Waals surface area contributed by atoms with Crippen LogP contribution in [0.1, 0.15) is 30.9 Å². The van der Waals surface area contributed by atoms with Gasteiger partial charge in [0.05, 0.1) is 12.0 Å². The van der Waals surface area contributed by atoms with E-state index in [1.807, 2.05) is 0 Å². The van der Waals surface area contributed by atoms with Crippen molar-refractivity contribution in [1.82, 2.24) is 5.32 Å². The highest BCUT2D eigenvalue weighted by molar-refractivity contribution is 8.00. The van der Waals surface area contributed by atoms with Gasteiger partial charge in [-0.1, -0.05) is 13.0 Å². The molecule has 2 atom stereocenters. The maximum Gasteiger partial charge on any atom is 0.119 e. The van der Waals surface area contributed by atoms with Crippen LogP contribution < -0.4 is 10.1 Å². The Kier molecular flexibility index (Phi) is 3.29. The molecule has 0 bridgehead atoms. The number of methoxy groups -OCH3 is 1. The smallest absolute Gasteiger partial charge is 0.119 e. The van der Waals surface area contributed by atoms with Crippen LogP contribution in [0.5, 0.6) is 5.75 Å². The Bertz CT molecular complexity index is 438. The molecule has 0 radical (unpaired) electrons. The zero-order valence-corrected chi connectivity index (χ0v) is 12.0. The molecule has 98 valence electrons. The normalized spacial score (nSPS) is 31.1. The third-order valence-electron chi connectivity index (χ3n) is 4.07. The maximum atomic E-state index is 5.35. The van der Waals surface area contributed by atoms with Crippen LogP contribution >= 0.6 is 11.8 Å². The Morgan fingerprint density at radius 2 is 2.33 bits per heavy atom. The molecule has 18 heavy (non-hydrogen) atoms. The van der Waals surface area contributed by atoms with Crippen molar-refractivity contribution in [2.45, 2.75) is 31.1 Å². The van der Waals surface area contributed by atoms with Gasteiger partial charge in [-0.05, 0) is 54.2 Å². The minimum atomic E-state index is 0.173. The summed E-state index contributed by atoms with van der Waals surface area (Å²) in [6.45, 7) is 3.46. The van der Waals surface area contributed by atoms with Crippen molar-refractivity contribution in [3.05, 3.63) is 29.3 Å². The lowest BCUT2D eigenvalue weighted by atomic mass is 9.86. The standard InChI is InChI=1S/C15H21NOS/c1-11-9-16-15(18-10-11)7-3-4-12-8-13(17-2)5-6-14(12)15/h5-6,8,11,16H,3-4,7,9-10H2,1-2H3. The average molecular weight is 263 g/mol. The number of aryl methyl sites for hydroxylation is 1. The maximum absolute atomic E-state index is 5.35. The molecule has 3 rings (SSSR count). The number of thioether (sulfide) groups is 1. The summed E-state index contributed by atoms with van der Waals surface area (Å²) in [6, 6.07) is 6.59. The van der Waals surface area contributed by atoms with Crippen LogP contribution in [-0.2, 0) is 11.3 Å². The quantitative estimate of drug-likeness (QED) is 0.841. The van der Waals surface area contributed by atoms with Gasteiger partial charge in [0.2, 0.25) is 0 Å². The summed E-state index contributed by atoms with van der Waals surface area (Å²) in [5, 5.41) is 3.80. The summed E-state index contributed by atoms with van der Waals surface area (Å²) in [5.74, 6) is 3.03. The lowest BCUT2D eigenvalue weighted by molar-refractivity contribution is 0.370. The van der Waals surface area contributed by atoms with E-state index in [1.165, 1.54) is 36.1 Å². The number of ether oxygens (including phenoxy) is 1. The highest BCUT2D eigenvalue weighted by Crippen LogP contribution is 2.47. The number of hydrogen-bond donors (Lipinski definition) is 1. The molecule has 1 aliphatic carbocycles. The highest BCUT2D eigenvalue weighted by atomic mass is 32.2. The first-order valence-electron chi connectivity index (χ1n) is 6.80. The fourth-order valence-corrected chi connectivity index (χ4v) is 4.54. The molecule has 2 nitrogen and oxygen atoms in total. The summed E-state index contributed by atoms with van der Waals surface area (Å²) < 4.78 is 5.35. The molecule has 3 heteroatoms. The Morgan fingerprint density at radius 1 is 1.44 bits per heavy atom. The van der Waals surface area contributed by atoms with Crippen LogP contribution in [0.25, 0.3) is 0 Å². The van der Waals surface area contributed by atoms with Gasteiger partial charge >= 0.3 is 0 Å². The van der Waals surface area contributed by atoms with Crippen LogP contribution in [0, 0.1) is 5.92 Å². The largest absolute Gasteiger partial charge is 0.497 e. The fraction of sp³-hybridized carbons (Fsp3) is 0.600. The van der Waals surface area contributed by atoms with Gasteiger partial charge < -0.3 is 4.74 Å². The van der Waals surface area contributed by atoms with Crippen molar-refractivity contribution in [1.29, 1.82) is 0 Å². The summed E-state index contributed by atoms with van der Waals surface area (Å²) >= 11 is 2.10. The number of nitrogens with one attached hydrogen (secondary N) is 1. The van der Waals surface area contributed by atoms with E-state index in [0.717, 1.165) is 18.2 Å². The van der Waals surface area contributed by atoms with E-state index in [2.05, 4.69) is 42.2 Å². The summed E-state index contributed by atoms with van der Waals surface area (Å²) in [7, 11) is 1.75. The monoisotopic (exact) mass is 263 g/mol. The summed E-state index contributed by atoms with van der Waals surface area (Å²) in [4.78, 5) is 0.173. The van der Waals surface area contributed by atoms with Gasteiger partial charge in [0, 0.05) is 6.54 Å². The molecule has 1 heterocycles. The molecule has 0 amide bonds. The molecule has 2 aliphatic rings. The molecule has 2 unspecified atom stereocenters. The van der Waals surface area contributed by atoms with Crippen molar-refractivity contribution in [3.8, 4) is 5.75 Å². The molecule has 1 aromatic rings. The van der Waals surface area contributed by atoms with Crippen LogP contribution in [0.3, 0.4) is 0 Å². The molecule has 1 fully saturated rings. The average Bonchev–Trinajstić information content (AvgIpc) is 2.42. The lowest BCUT2D eigenvalue weighted by Gasteiger charge is -2.44. The van der Waals surface area contributed by atoms with Crippen LogP contribution in [0.15, 0.2) is 18.2 Å². The predicted molar refractivity (Wildman–Crippen MR) is 77.2 cm³/mol. The van der Waals surface area contributed by atoms with Crippen molar-refractivity contribution < 1.29 is 4.74 Å².